The van der Waals surface area contributed by atoms with Crippen molar-refractivity contribution in [3.8, 4) is 5.75 Å². The van der Waals surface area contributed by atoms with Crippen molar-refractivity contribution in [1.82, 2.24) is 4.90 Å². The van der Waals surface area contributed by atoms with Gasteiger partial charge in [-0.2, -0.15) is 0 Å². The lowest BCUT2D eigenvalue weighted by Gasteiger charge is -2.33. The Kier molecular flexibility index (Phi) is 3.24. The van der Waals surface area contributed by atoms with Crippen molar-refractivity contribution in [1.29, 1.82) is 0 Å². The molecule has 2 rings (SSSR count). The second kappa shape index (κ2) is 4.67. The van der Waals surface area contributed by atoms with E-state index < -0.39 is 5.62 Å². The van der Waals surface area contributed by atoms with Crippen molar-refractivity contribution in [2.45, 2.75) is 5.62 Å². The van der Waals surface area contributed by atoms with Crippen molar-refractivity contribution < 1.29 is 9.53 Å². The predicted octanol–water partition coefficient (Wildman–Crippen LogP) is 2.27. The maximum absolute atomic E-state index is 12.1. The van der Waals surface area contributed by atoms with Crippen LogP contribution >= 0.6 is 11.6 Å². The van der Waals surface area contributed by atoms with Crippen LogP contribution in [0.5, 0.6) is 5.75 Å². The quantitative estimate of drug-likeness (QED) is 0.510. The molecule has 1 aromatic rings. The first-order valence-corrected chi connectivity index (χ1v) is 5.61. The predicted molar refractivity (Wildman–Crippen MR) is 67.5 cm³/mol. The van der Waals surface area contributed by atoms with E-state index in [1.165, 1.54) is 4.90 Å². The van der Waals surface area contributed by atoms with E-state index in [0.717, 1.165) is 0 Å². The molecule has 0 aromatic heterocycles. The summed E-state index contributed by atoms with van der Waals surface area (Å²) in [5, 5.41) is 3.04. The van der Waals surface area contributed by atoms with Crippen LogP contribution in [0.1, 0.15) is 10.4 Å². The summed E-state index contributed by atoms with van der Waals surface area (Å²) in [7, 11) is 1.58. The second-order valence-corrected chi connectivity index (χ2v) is 4.05. The molecule has 1 aromatic carbocycles. The number of halogens is 1. The van der Waals surface area contributed by atoms with Gasteiger partial charge >= 0.3 is 0 Å². The average Bonchev–Trinajstić information content (AvgIpc) is 2.33. The maximum Gasteiger partial charge on any atom is 0.258 e. The fraction of sp³-hybridized carbons (Fsp3) is 0.250. The zero-order chi connectivity index (χ0) is 12.4. The second-order valence-electron chi connectivity index (χ2n) is 3.64. The highest BCUT2D eigenvalue weighted by molar-refractivity contribution is 6.24. The summed E-state index contributed by atoms with van der Waals surface area (Å²) in [6, 6.07) is 5.23. The molecule has 90 valence electrons. The van der Waals surface area contributed by atoms with Gasteiger partial charge in [0.05, 0.1) is 18.4 Å². The van der Waals surface area contributed by atoms with Crippen molar-refractivity contribution in [2.24, 2.45) is 0 Å². The van der Waals surface area contributed by atoms with Crippen molar-refractivity contribution in [3.05, 3.63) is 36.4 Å². The number of carbonyl (C=O) groups is 1. The third-order valence-electron chi connectivity index (χ3n) is 2.59. The third kappa shape index (κ3) is 2.08. The van der Waals surface area contributed by atoms with Gasteiger partial charge < -0.3 is 15.0 Å². The number of anilines is 1. The van der Waals surface area contributed by atoms with Gasteiger partial charge in [0.2, 0.25) is 0 Å². The molecule has 0 bridgehead atoms. The van der Waals surface area contributed by atoms with E-state index in [1.54, 1.807) is 31.4 Å². The number of nitrogens with one attached hydrogen (secondary N) is 1. The van der Waals surface area contributed by atoms with Crippen LogP contribution in [0.3, 0.4) is 0 Å². The lowest BCUT2D eigenvalue weighted by atomic mass is 10.1. The third-order valence-corrected chi connectivity index (χ3v) is 2.94. The van der Waals surface area contributed by atoms with Crippen LogP contribution in [0.25, 0.3) is 0 Å². The van der Waals surface area contributed by atoms with Gasteiger partial charge in [0.25, 0.3) is 5.91 Å². The van der Waals surface area contributed by atoms with Crippen molar-refractivity contribution in [2.75, 3.05) is 19.0 Å². The van der Waals surface area contributed by atoms with Crippen LogP contribution < -0.4 is 10.1 Å². The van der Waals surface area contributed by atoms with E-state index in [4.69, 9.17) is 16.3 Å². The van der Waals surface area contributed by atoms with Gasteiger partial charge in [-0.3, -0.25) is 4.79 Å². The number of rotatable bonds is 3. The number of amides is 1. The minimum Gasteiger partial charge on any atom is -0.497 e. The first-order chi connectivity index (χ1) is 8.17. The number of fused-ring (bicyclic) bond motifs is 1. The van der Waals surface area contributed by atoms with Gasteiger partial charge in [0.1, 0.15) is 5.75 Å². The van der Waals surface area contributed by atoms with Gasteiger partial charge in [-0.15, -0.1) is 6.58 Å². The highest BCUT2D eigenvalue weighted by atomic mass is 35.5. The van der Waals surface area contributed by atoms with Gasteiger partial charge in [0.15, 0.2) is 5.62 Å². The van der Waals surface area contributed by atoms with Crippen LogP contribution in [0, 0.1) is 0 Å². The number of hydrogen-bond acceptors (Lipinski definition) is 3. The van der Waals surface area contributed by atoms with Crippen LogP contribution in [-0.2, 0) is 0 Å². The Bertz CT molecular complexity index is 462. The molecule has 0 saturated carbocycles. The summed E-state index contributed by atoms with van der Waals surface area (Å²) in [4.78, 5) is 13.6. The molecule has 0 radical (unpaired) electrons. The Morgan fingerprint density at radius 3 is 3.06 bits per heavy atom. The summed E-state index contributed by atoms with van der Waals surface area (Å²) in [6.45, 7) is 4.01. The molecule has 1 atom stereocenters. The fourth-order valence-electron chi connectivity index (χ4n) is 1.73. The first kappa shape index (κ1) is 11.8. The van der Waals surface area contributed by atoms with Crippen LogP contribution in [-0.4, -0.2) is 30.1 Å². The molecule has 0 aliphatic carbocycles. The Balaban J connectivity index is 2.38. The Morgan fingerprint density at radius 1 is 1.65 bits per heavy atom. The molecule has 1 N–H and O–H groups in total. The van der Waals surface area contributed by atoms with Crippen LogP contribution in [0.2, 0.25) is 0 Å². The van der Waals surface area contributed by atoms with Gasteiger partial charge in [-0.05, 0) is 12.1 Å². The standard InChI is InChI=1S/C12H13ClN2O2/c1-3-6-15-11(16)9-5-4-8(17-2)7-10(9)14-12(15)13/h3-5,7,12,14H,1,6H2,2H3. The van der Waals surface area contributed by atoms with Crippen molar-refractivity contribution >= 4 is 23.2 Å². The lowest BCUT2D eigenvalue weighted by molar-refractivity contribution is 0.0756. The number of alkyl halides is 1. The highest BCUT2D eigenvalue weighted by Crippen LogP contribution is 2.30. The van der Waals surface area contributed by atoms with Crippen LogP contribution in [0.4, 0.5) is 5.69 Å². The highest BCUT2D eigenvalue weighted by Gasteiger charge is 2.29. The number of benzene rings is 1. The zero-order valence-electron chi connectivity index (χ0n) is 9.44. The smallest absolute Gasteiger partial charge is 0.258 e. The van der Waals surface area contributed by atoms with E-state index in [2.05, 4.69) is 11.9 Å². The minimum atomic E-state index is -0.569. The molecule has 0 saturated heterocycles. The van der Waals surface area contributed by atoms with Gasteiger partial charge in [0, 0.05) is 12.6 Å². The van der Waals surface area contributed by atoms with E-state index in [9.17, 15) is 4.79 Å². The number of hydrogen-bond donors (Lipinski definition) is 1. The molecular weight excluding hydrogens is 240 g/mol. The Hall–Kier alpha value is -1.68. The summed E-state index contributed by atoms with van der Waals surface area (Å²) in [5.74, 6) is 0.575. The molecule has 1 aliphatic heterocycles. The normalized spacial score (nSPS) is 18.4. The summed E-state index contributed by atoms with van der Waals surface area (Å²) in [6.07, 6.45) is 1.64. The molecule has 0 spiro atoms. The topological polar surface area (TPSA) is 41.6 Å². The summed E-state index contributed by atoms with van der Waals surface area (Å²) >= 11 is 6.08. The monoisotopic (exact) mass is 252 g/mol. The molecule has 17 heavy (non-hydrogen) atoms. The van der Waals surface area contributed by atoms with Gasteiger partial charge in [-0.1, -0.05) is 17.7 Å². The number of ether oxygens (including phenoxy) is 1. The largest absolute Gasteiger partial charge is 0.497 e. The zero-order valence-corrected chi connectivity index (χ0v) is 10.2. The SMILES string of the molecule is C=CCN1C(=O)c2ccc(OC)cc2NC1Cl. The minimum absolute atomic E-state index is 0.110. The van der Waals surface area contributed by atoms with Gasteiger partial charge in [-0.25, -0.2) is 0 Å². The molecule has 1 unspecified atom stereocenters. The van der Waals surface area contributed by atoms with E-state index in [1.807, 2.05) is 0 Å². The molecule has 1 amide bonds. The fourth-order valence-corrected chi connectivity index (χ4v) is 2.02. The summed E-state index contributed by atoms with van der Waals surface area (Å²) < 4.78 is 5.10. The average molecular weight is 253 g/mol. The van der Waals surface area contributed by atoms with E-state index >= 15 is 0 Å². The number of nitrogens with zero attached hydrogens (tertiary/aromatic N) is 1. The summed E-state index contributed by atoms with van der Waals surface area (Å²) in [5.41, 5.74) is 0.708. The maximum atomic E-state index is 12.1. The molecule has 5 heteroatoms. The van der Waals surface area contributed by atoms with E-state index in [-0.39, 0.29) is 5.91 Å². The number of methoxy groups -OCH3 is 1. The molecule has 1 aliphatic rings. The molecule has 4 nitrogen and oxygen atoms in total. The van der Waals surface area contributed by atoms with E-state index in [0.29, 0.717) is 23.5 Å². The number of carbonyl (C=O) groups excluding carboxylic acids is 1. The van der Waals surface area contributed by atoms with Crippen LogP contribution in [0.15, 0.2) is 30.9 Å². The Morgan fingerprint density at radius 2 is 2.41 bits per heavy atom. The molecule has 0 fully saturated rings. The first-order valence-electron chi connectivity index (χ1n) is 5.18. The Labute approximate surface area is 105 Å². The molecule has 1 heterocycles. The lowest BCUT2D eigenvalue weighted by Crippen LogP contribution is -2.45. The van der Waals surface area contributed by atoms with Crippen molar-refractivity contribution in [3.63, 3.8) is 0 Å². The molecular formula is C12H13ClN2O2.